The number of nitrogens with zero attached hydrogens (tertiary/aromatic N) is 2. The third-order valence-corrected chi connectivity index (χ3v) is 2.71. The van der Waals surface area contributed by atoms with Gasteiger partial charge >= 0.3 is 0 Å². The van der Waals surface area contributed by atoms with Crippen molar-refractivity contribution in [2.75, 3.05) is 20.7 Å². The molecule has 0 amide bonds. The molecular weight excluding hydrogens is 230 g/mol. The Morgan fingerprint density at radius 3 is 2.89 bits per heavy atom. The number of rotatable bonds is 5. The van der Waals surface area contributed by atoms with Crippen molar-refractivity contribution in [1.82, 2.24) is 15.5 Å². The van der Waals surface area contributed by atoms with Gasteiger partial charge in [-0.2, -0.15) is 0 Å². The Morgan fingerprint density at radius 1 is 1.33 bits per heavy atom. The van der Waals surface area contributed by atoms with Crippen molar-refractivity contribution in [3.63, 3.8) is 0 Å². The van der Waals surface area contributed by atoms with Crippen LogP contribution in [0.3, 0.4) is 0 Å². The summed E-state index contributed by atoms with van der Waals surface area (Å²) in [7, 11) is 3.54. The lowest BCUT2D eigenvalue weighted by Crippen LogP contribution is -2.10. The average Bonchev–Trinajstić information content (AvgIpc) is 2.85. The molecule has 0 aliphatic rings. The predicted molar refractivity (Wildman–Crippen MR) is 68.7 cm³/mol. The molecule has 0 unspecified atom stereocenters. The first-order valence-electron chi connectivity index (χ1n) is 5.86. The quantitative estimate of drug-likeness (QED) is 0.873. The van der Waals surface area contributed by atoms with Gasteiger partial charge in [-0.1, -0.05) is 6.07 Å². The number of nitrogens with one attached hydrogen (secondary N) is 1. The number of likely N-dealkylation sites (N-methyl/N-ethyl adjacent to an activating group) is 1. The van der Waals surface area contributed by atoms with Crippen LogP contribution in [0, 0.1) is 6.92 Å². The van der Waals surface area contributed by atoms with E-state index < -0.39 is 0 Å². The molecule has 0 bridgehead atoms. The first-order chi connectivity index (χ1) is 8.74. The first kappa shape index (κ1) is 12.6. The zero-order valence-corrected chi connectivity index (χ0v) is 10.9. The van der Waals surface area contributed by atoms with Crippen molar-refractivity contribution in [1.29, 1.82) is 0 Å². The second-order valence-electron chi connectivity index (χ2n) is 4.04. The Labute approximate surface area is 106 Å². The molecule has 2 rings (SSSR count). The molecule has 1 heterocycles. The lowest BCUT2D eigenvalue weighted by atomic mass is 10.1. The van der Waals surface area contributed by atoms with Gasteiger partial charge in [0.25, 0.3) is 0 Å². The van der Waals surface area contributed by atoms with Gasteiger partial charge in [0, 0.05) is 18.5 Å². The summed E-state index contributed by atoms with van der Waals surface area (Å²) in [5.41, 5.74) is 1.96. The van der Waals surface area contributed by atoms with Gasteiger partial charge < -0.3 is 14.5 Å². The third-order valence-electron chi connectivity index (χ3n) is 2.71. The van der Waals surface area contributed by atoms with E-state index in [1.165, 1.54) is 0 Å². The van der Waals surface area contributed by atoms with Gasteiger partial charge in [0.05, 0.1) is 7.11 Å². The fourth-order valence-corrected chi connectivity index (χ4v) is 1.66. The Morgan fingerprint density at radius 2 is 2.17 bits per heavy atom. The minimum Gasteiger partial charge on any atom is -0.496 e. The molecule has 0 aliphatic heterocycles. The number of hydrogen-bond acceptors (Lipinski definition) is 5. The molecule has 18 heavy (non-hydrogen) atoms. The van der Waals surface area contributed by atoms with Crippen LogP contribution >= 0.6 is 0 Å². The molecule has 5 heteroatoms. The molecule has 0 aliphatic carbocycles. The van der Waals surface area contributed by atoms with E-state index >= 15 is 0 Å². The zero-order chi connectivity index (χ0) is 13.0. The van der Waals surface area contributed by atoms with Crippen LogP contribution in [0.1, 0.15) is 11.5 Å². The number of ether oxygens (including phenoxy) is 1. The topological polar surface area (TPSA) is 60.2 Å². The number of aromatic nitrogens is 2. The maximum absolute atomic E-state index is 5.59. The summed E-state index contributed by atoms with van der Waals surface area (Å²) in [6.45, 7) is 2.81. The number of hydrogen-bond donors (Lipinski definition) is 1. The number of aryl methyl sites for hydroxylation is 1. The largest absolute Gasteiger partial charge is 0.496 e. The first-order valence-corrected chi connectivity index (χ1v) is 5.86. The van der Waals surface area contributed by atoms with E-state index in [9.17, 15) is 0 Å². The van der Waals surface area contributed by atoms with Gasteiger partial charge in [-0.05, 0) is 31.7 Å². The van der Waals surface area contributed by atoms with Crippen LogP contribution in [0.2, 0.25) is 0 Å². The highest BCUT2D eigenvalue weighted by Gasteiger charge is 2.10. The standard InChI is InChI=1S/C13H17N3O2/c1-9-4-5-10(8-11(9)17-3)13-16-15-12(18-13)6-7-14-2/h4-5,8,14H,6-7H2,1-3H3. The van der Waals surface area contributed by atoms with Crippen molar-refractivity contribution < 1.29 is 9.15 Å². The Kier molecular flexibility index (Phi) is 3.94. The SMILES string of the molecule is CNCCc1nnc(-c2ccc(C)c(OC)c2)o1. The van der Waals surface area contributed by atoms with Crippen LogP contribution in [-0.4, -0.2) is 30.9 Å². The fraction of sp³-hybridized carbons (Fsp3) is 0.385. The molecule has 5 nitrogen and oxygen atoms in total. The predicted octanol–water partition coefficient (Wildman–Crippen LogP) is 1.82. The number of benzene rings is 1. The van der Waals surface area contributed by atoms with Gasteiger partial charge in [-0.25, -0.2) is 0 Å². The molecular formula is C13H17N3O2. The van der Waals surface area contributed by atoms with E-state index in [0.29, 0.717) is 11.8 Å². The van der Waals surface area contributed by atoms with Crippen LogP contribution in [0.25, 0.3) is 11.5 Å². The van der Waals surface area contributed by atoms with Crippen molar-refractivity contribution in [3.05, 3.63) is 29.7 Å². The molecule has 0 saturated carbocycles. The number of methoxy groups -OCH3 is 1. The van der Waals surface area contributed by atoms with Crippen LogP contribution in [0.5, 0.6) is 5.75 Å². The summed E-state index contributed by atoms with van der Waals surface area (Å²) < 4.78 is 10.9. The van der Waals surface area contributed by atoms with E-state index in [1.54, 1.807) is 7.11 Å². The molecule has 0 radical (unpaired) electrons. The highest BCUT2D eigenvalue weighted by Crippen LogP contribution is 2.25. The van der Waals surface area contributed by atoms with Gasteiger partial charge in [0.15, 0.2) is 0 Å². The summed E-state index contributed by atoms with van der Waals surface area (Å²) in [6, 6.07) is 5.84. The smallest absolute Gasteiger partial charge is 0.247 e. The van der Waals surface area contributed by atoms with Crippen LogP contribution in [0.4, 0.5) is 0 Å². The second-order valence-corrected chi connectivity index (χ2v) is 4.04. The highest BCUT2D eigenvalue weighted by molar-refractivity contribution is 5.57. The summed E-state index contributed by atoms with van der Waals surface area (Å²) in [4.78, 5) is 0. The van der Waals surface area contributed by atoms with Crippen LogP contribution in [0.15, 0.2) is 22.6 Å². The minimum absolute atomic E-state index is 0.527. The average molecular weight is 247 g/mol. The van der Waals surface area contributed by atoms with Crippen molar-refractivity contribution in [3.8, 4) is 17.2 Å². The molecule has 0 spiro atoms. The van der Waals surface area contributed by atoms with Crippen LogP contribution in [-0.2, 0) is 6.42 Å². The highest BCUT2D eigenvalue weighted by atomic mass is 16.5. The Hall–Kier alpha value is -1.88. The lowest BCUT2D eigenvalue weighted by molar-refractivity contribution is 0.411. The fourth-order valence-electron chi connectivity index (χ4n) is 1.66. The molecule has 1 N–H and O–H groups in total. The monoisotopic (exact) mass is 247 g/mol. The van der Waals surface area contributed by atoms with E-state index in [2.05, 4.69) is 15.5 Å². The molecule has 2 aromatic rings. The van der Waals surface area contributed by atoms with Crippen molar-refractivity contribution in [2.24, 2.45) is 0 Å². The van der Waals surface area contributed by atoms with E-state index in [4.69, 9.17) is 9.15 Å². The Balaban J connectivity index is 2.23. The van der Waals surface area contributed by atoms with Crippen molar-refractivity contribution in [2.45, 2.75) is 13.3 Å². The van der Waals surface area contributed by atoms with Gasteiger partial charge in [-0.15, -0.1) is 10.2 Å². The van der Waals surface area contributed by atoms with Crippen molar-refractivity contribution >= 4 is 0 Å². The summed E-state index contributed by atoms with van der Waals surface area (Å²) in [5.74, 6) is 1.99. The van der Waals surface area contributed by atoms with E-state index in [-0.39, 0.29) is 0 Å². The van der Waals surface area contributed by atoms with Gasteiger partial charge in [-0.3, -0.25) is 0 Å². The molecule has 96 valence electrons. The molecule has 0 saturated heterocycles. The van der Waals surface area contributed by atoms with Gasteiger partial charge in [0.2, 0.25) is 11.8 Å². The maximum Gasteiger partial charge on any atom is 0.247 e. The molecule has 1 aromatic carbocycles. The molecule has 0 fully saturated rings. The van der Waals surface area contributed by atoms with Crippen LogP contribution < -0.4 is 10.1 Å². The minimum atomic E-state index is 0.527. The molecule has 0 atom stereocenters. The normalized spacial score (nSPS) is 10.6. The molecule has 1 aromatic heterocycles. The maximum atomic E-state index is 5.59. The third kappa shape index (κ3) is 2.68. The second kappa shape index (κ2) is 5.64. The zero-order valence-electron chi connectivity index (χ0n) is 10.9. The summed E-state index contributed by atoms with van der Waals surface area (Å²) in [5, 5.41) is 11.1. The Bertz CT molecular complexity index is 523. The van der Waals surface area contributed by atoms with Gasteiger partial charge in [0.1, 0.15) is 5.75 Å². The van der Waals surface area contributed by atoms with E-state index in [1.807, 2.05) is 32.2 Å². The summed E-state index contributed by atoms with van der Waals surface area (Å²) in [6.07, 6.45) is 0.729. The summed E-state index contributed by atoms with van der Waals surface area (Å²) >= 11 is 0. The lowest BCUT2D eigenvalue weighted by Gasteiger charge is -2.04. The van der Waals surface area contributed by atoms with E-state index in [0.717, 1.165) is 29.8 Å².